The Morgan fingerprint density at radius 2 is 2.12 bits per heavy atom. The second-order valence-electron chi connectivity index (χ2n) is 4.37. The molecular weight excluding hydrogens is 200 g/mol. The third-order valence-electron chi connectivity index (χ3n) is 3.23. The topological polar surface area (TPSA) is 47.3 Å². The summed E-state index contributed by atoms with van der Waals surface area (Å²) >= 11 is 0. The molecule has 0 saturated carbocycles. The normalized spacial score (nSPS) is 24.6. The van der Waals surface area contributed by atoms with Crippen LogP contribution in [0.4, 0.5) is 11.4 Å². The first-order valence-electron chi connectivity index (χ1n) is 6.00. The lowest BCUT2D eigenvalue weighted by Crippen LogP contribution is -2.22. The van der Waals surface area contributed by atoms with Crippen molar-refractivity contribution in [2.75, 3.05) is 24.2 Å². The summed E-state index contributed by atoms with van der Waals surface area (Å²) in [7, 11) is 0. The first-order valence-corrected chi connectivity index (χ1v) is 6.00. The molecule has 1 aromatic carbocycles. The molecule has 1 heterocycles. The molecule has 2 unspecified atom stereocenters. The van der Waals surface area contributed by atoms with Crippen LogP contribution in [0.25, 0.3) is 0 Å². The molecule has 1 saturated heterocycles. The van der Waals surface area contributed by atoms with Crippen molar-refractivity contribution in [3.8, 4) is 0 Å². The summed E-state index contributed by atoms with van der Waals surface area (Å²) in [4.78, 5) is 0. The first-order chi connectivity index (χ1) is 7.79. The standard InChI is InChI=1S/C13H20N2O/c1-2-13-10(7-8-16-13)9-15-12-5-3-11(14)4-6-12/h3-6,10,13,15H,2,7-9,14H2,1H3. The summed E-state index contributed by atoms with van der Waals surface area (Å²) < 4.78 is 5.66. The fourth-order valence-electron chi connectivity index (χ4n) is 2.23. The molecule has 3 nitrogen and oxygen atoms in total. The van der Waals surface area contributed by atoms with Gasteiger partial charge in [0.2, 0.25) is 0 Å². The molecule has 0 aliphatic carbocycles. The highest BCUT2D eigenvalue weighted by atomic mass is 16.5. The Morgan fingerprint density at radius 1 is 1.38 bits per heavy atom. The average molecular weight is 220 g/mol. The molecule has 1 aliphatic rings. The Labute approximate surface area is 97.0 Å². The van der Waals surface area contributed by atoms with E-state index in [0.717, 1.165) is 30.9 Å². The van der Waals surface area contributed by atoms with E-state index in [1.54, 1.807) is 0 Å². The van der Waals surface area contributed by atoms with E-state index in [0.29, 0.717) is 12.0 Å². The van der Waals surface area contributed by atoms with Gasteiger partial charge in [0.25, 0.3) is 0 Å². The minimum Gasteiger partial charge on any atom is -0.399 e. The molecule has 2 rings (SSSR count). The van der Waals surface area contributed by atoms with E-state index < -0.39 is 0 Å². The summed E-state index contributed by atoms with van der Waals surface area (Å²) in [5.41, 5.74) is 7.58. The molecular formula is C13H20N2O. The summed E-state index contributed by atoms with van der Waals surface area (Å²) in [6, 6.07) is 7.88. The van der Waals surface area contributed by atoms with Crippen molar-refractivity contribution in [3.63, 3.8) is 0 Å². The Hall–Kier alpha value is -1.22. The highest BCUT2D eigenvalue weighted by molar-refractivity contribution is 5.51. The SMILES string of the molecule is CCC1OCCC1CNc1ccc(N)cc1. The van der Waals surface area contributed by atoms with E-state index in [1.807, 2.05) is 24.3 Å². The average Bonchev–Trinajstić information content (AvgIpc) is 2.76. The van der Waals surface area contributed by atoms with Gasteiger partial charge in [0.05, 0.1) is 6.10 Å². The molecule has 3 N–H and O–H groups in total. The van der Waals surface area contributed by atoms with Gasteiger partial charge in [-0.25, -0.2) is 0 Å². The van der Waals surface area contributed by atoms with Crippen LogP contribution < -0.4 is 11.1 Å². The van der Waals surface area contributed by atoms with E-state index >= 15 is 0 Å². The first kappa shape index (κ1) is 11.3. The van der Waals surface area contributed by atoms with Gasteiger partial charge in [-0.15, -0.1) is 0 Å². The number of ether oxygens (including phenoxy) is 1. The predicted octanol–water partition coefficient (Wildman–Crippen LogP) is 2.50. The smallest absolute Gasteiger partial charge is 0.0618 e. The number of nitrogen functional groups attached to an aromatic ring is 1. The van der Waals surface area contributed by atoms with Crippen LogP contribution in [-0.2, 0) is 4.74 Å². The molecule has 0 aromatic heterocycles. The van der Waals surface area contributed by atoms with Crippen molar-refractivity contribution >= 4 is 11.4 Å². The minimum atomic E-state index is 0.432. The zero-order valence-corrected chi connectivity index (χ0v) is 9.78. The second-order valence-corrected chi connectivity index (χ2v) is 4.37. The second kappa shape index (κ2) is 5.21. The lowest BCUT2D eigenvalue weighted by Gasteiger charge is -2.17. The maximum absolute atomic E-state index is 5.66. The molecule has 1 aromatic rings. The maximum atomic E-state index is 5.66. The number of benzene rings is 1. The zero-order chi connectivity index (χ0) is 11.4. The van der Waals surface area contributed by atoms with Crippen molar-refractivity contribution < 1.29 is 4.74 Å². The number of hydrogen-bond acceptors (Lipinski definition) is 3. The van der Waals surface area contributed by atoms with Crippen molar-refractivity contribution in [3.05, 3.63) is 24.3 Å². The Morgan fingerprint density at radius 3 is 2.81 bits per heavy atom. The minimum absolute atomic E-state index is 0.432. The molecule has 3 heteroatoms. The fraction of sp³-hybridized carbons (Fsp3) is 0.538. The summed E-state index contributed by atoms with van der Waals surface area (Å²) in [6.45, 7) is 4.08. The number of hydrogen-bond donors (Lipinski definition) is 2. The van der Waals surface area contributed by atoms with Crippen molar-refractivity contribution in [2.45, 2.75) is 25.9 Å². The van der Waals surface area contributed by atoms with Gasteiger partial charge in [-0.1, -0.05) is 6.92 Å². The van der Waals surface area contributed by atoms with Gasteiger partial charge in [-0.05, 0) is 37.1 Å². The highest BCUT2D eigenvalue weighted by Crippen LogP contribution is 2.23. The van der Waals surface area contributed by atoms with Crippen LogP contribution in [0, 0.1) is 5.92 Å². The quantitative estimate of drug-likeness (QED) is 0.766. The van der Waals surface area contributed by atoms with Gasteiger partial charge in [-0.3, -0.25) is 0 Å². The molecule has 0 spiro atoms. The molecule has 0 bridgehead atoms. The molecule has 1 fully saturated rings. The lowest BCUT2D eigenvalue weighted by molar-refractivity contribution is 0.0900. The predicted molar refractivity (Wildman–Crippen MR) is 67.5 cm³/mol. The van der Waals surface area contributed by atoms with Gasteiger partial charge in [-0.2, -0.15) is 0 Å². The number of rotatable bonds is 4. The van der Waals surface area contributed by atoms with Gasteiger partial charge in [0, 0.05) is 30.4 Å². The molecule has 1 aliphatic heterocycles. The molecule has 88 valence electrons. The number of nitrogens with two attached hydrogens (primary N) is 1. The third kappa shape index (κ3) is 2.67. The highest BCUT2D eigenvalue weighted by Gasteiger charge is 2.26. The van der Waals surface area contributed by atoms with Gasteiger partial charge in [0.1, 0.15) is 0 Å². The van der Waals surface area contributed by atoms with Crippen molar-refractivity contribution in [2.24, 2.45) is 5.92 Å². The zero-order valence-electron chi connectivity index (χ0n) is 9.78. The van der Waals surface area contributed by atoms with Crippen molar-refractivity contribution in [1.82, 2.24) is 0 Å². The Bertz CT molecular complexity index is 323. The van der Waals surface area contributed by atoms with Crippen LogP contribution >= 0.6 is 0 Å². The van der Waals surface area contributed by atoms with Gasteiger partial charge in [0.15, 0.2) is 0 Å². The lowest BCUT2D eigenvalue weighted by atomic mass is 9.99. The molecule has 0 amide bonds. The van der Waals surface area contributed by atoms with Crippen LogP contribution in [0.2, 0.25) is 0 Å². The van der Waals surface area contributed by atoms with E-state index in [1.165, 1.54) is 6.42 Å². The van der Waals surface area contributed by atoms with Crippen LogP contribution in [-0.4, -0.2) is 19.3 Å². The monoisotopic (exact) mass is 220 g/mol. The van der Waals surface area contributed by atoms with E-state index in [9.17, 15) is 0 Å². The number of anilines is 2. The van der Waals surface area contributed by atoms with Gasteiger partial charge < -0.3 is 15.8 Å². The van der Waals surface area contributed by atoms with Crippen LogP contribution in [0.15, 0.2) is 24.3 Å². The molecule has 16 heavy (non-hydrogen) atoms. The molecule has 2 atom stereocenters. The Balaban J connectivity index is 1.85. The summed E-state index contributed by atoms with van der Waals surface area (Å²) in [6.07, 6.45) is 2.70. The molecule has 0 radical (unpaired) electrons. The number of nitrogens with one attached hydrogen (secondary N) is 1. The van der Waals surface area contributed by atoms with Crippen molar-refractivity contribution in [1.29, 1.82) is 0 Å². The van der Waals surface area contributed by atoms with Crippen LogP contribution in [0.5, 0.6) is 0 Å². The Kier molecular flexibility index (Phi) is 3.67. The maximum Gasteiger partial charge on any atom is 0.0618 e. The van der Waals surface area contributed by atoms with E-state index in [4.69, 9.17) is 10.5 Å². The van der Waals surface area contributed by atoms with E-state index in [2.05, 4.69) is 12.2 Å². The van der Waals surface area contributed by atoms with Gasteiger partial charge >= 0.3 is 0 Å². The van der Waals surface area contributed by atoms with Crippen LogP contribution in [0.1, 0.15) is 19.8 Å². The van der Waals surface area contributed by atoms with E-state index in [-0.39, 0.29) is 0 Å². The third-order valence-corrected chi connectivity index (χ3v) is 3.23. The summed E-state index contributed by atoms with van der Waals surface area (Å²) in [5, 5.41) is 3.44. The van der Waals surface area contributed by atoms with Crippen LogP contribution in [0.3, 0.4) is 0 Å². The fourth-order valence-corrected chi connectivity index (χ4v) is 2.23. The largest absolute Gasteiger partial charge is 0.399 e. The summed E-state index contributed by atoms with van der Waals surface area (Å²) in [5.74, 6) is 0.641.